The van der Waals surface area contributed by atoms with Crippen molar-refractivity contribution in [1.29, 1.82) is 0 Å². The summed E-state index contributed by atoms with van der Waals surface area (Å²) in [6.07, 6.45) is 3.73. The summed E-state index contributed by atoms with van der Waals surface area (Å²) in [5.74, 6) is 0.683. The molecule has 4 aromatic rings. The molecule has 34 heavy (non-hydrogen) atoms. The van der Waals surface area contributed by atoms with Crippen molar-refractivity contribution in [1.82, 2.24) is 9.97 Å². The highest BCUT2D eigenvalue weighted by Gasteiger charge is 2.16. The molecule has 5 nitrogen and oxygen atoms in total. The van der Waals surface area contributed by atoms with Gasteiger partial charge in [-0.2, -0.15) is 0 Å². The molecule has 2 aromatic heterocycles. The summed E-state index contributed by atoms with van der Waals surface area (Å²) in [5, 5.41) is 12.4. The summed E-state index contributed by atoms with van der Waals surface area (Å²) >= 11 is 3.43. The third-order valence-corrected chi connectivity index (χ3v) is 7.43. The van der Waals surface area contributed by atoms with Crippen molar-refractivity contribution < 1.29 is 9.90 Å². The minimum absolute atomic E-state index is 0.0127. The molecule has 174 valence electrons. The maximum atomic E-state index is 11.0. The SMILES string of the molecule is CCc1nc(-c2ccc(-c3ccc(SC)cc3)s2)nc(Nc2ccc(CC(=O)O)cc2)c1CC. The largest absolute Gasteiger partial charge is 0.481 e. The van der Waals surface area contributed by atoms with E-state index >= 15 is 0 Å². The monoisotopic (exact) mass is 489 g/mol. The van der Waals surface area contributed by atoms with Crippen LogP contribution in [0.15, 0.2) is 65.6 Å². The van der Waals surface area contributed by atoms with Crippen molar-refractivity contribution in [3.05, 3.63) is 77.5 Å². The maximum absolute atomic E-state index is 11.0. The van der Waals surface area contributed by atoms with Gasteiger partial charge in [-0.25, -0.2) is 9.97 Å². The summed E-state index contributed by atoms with van der Waals surface area (Å²) in [7, 11) is 0. The Morgan fingerprint density at radius 2 is 1.65 bits per heavy atom. The molecule has 2 N–H and O–H groups in total. The van der Waals surface area contributed by atoms with Crippen LogP contribution in [-0.4, -0.2) is 27.3 Å². The first-order chi connectivity index (χ1) is 16.5. The van der Waals surface area contributed by atoms with Crippen molar-refractivity contribution in [2.75, 3.05) is 11.6 Å². The number of hydrogen-bond acceptors (Lipinski definition) is 6. The molecule has 0 aliphatic heterocycles. The lowest BCUT2D eigenvalue weighted by atomic mass is 10.1. The lowest BCUT2D eigenvalue weighted by Crippen LogP contribution is -2.07. The lowest BCUT2D eigenvalue weighted by Gasteiger charge is -2.15. The molecule has 0 saturated heterocycles. The standard InChI is InChI=1S/C27H27N3O2S2/c1-4-21-22(5-2)29-27(24-15-14-23(34-24)18-8-12-20(33-3)13-9-18)30-26(21)28-19-10-6-17(7-11-19)16-25(31)32/h6-15H,4-5,16H2,1-3H3,(H,31,32)(H,28,29,30). The second-order valence-corrected chi connectivity index (χ2v) is 9.78. The number of nitrogens with zero attached hydrogens (tertiary/aromatic N) is 2. The zero-order valence-electron chi connectivity index (χ0n) is 19.5. The molecule has 0 saturated carbocycles. The van der Waals surface area contributed by atoms with Crippen LogP contribution in [0.5, 0.6) is 0 Å². The quantitative estimate of drug-likeness (QED) is 0.245. The van der Waals surface area contributed by atoms with Crippen molar-refractivity contribution in [2.24, 2.45) is 0 Å². The third-order valence-electron chi connectivity index (χ3n) is 5.55. The summed E-state index contributed by atoms with van der Waals surface area (Å²) in [5.41, 5.74) is 4.97. The van der Waals surface area contributed by atoms with E-state index in [0.29, 0.717) is 0 Å². The first kappa shape index (κ1) is 24.0. The van der Waals surface area contributed by atoms with E-state index in [0.717, 1.165) is 51.9 Å². The fraction of sp³-hybridized carbons (Fsp3) is 0.222. The normalized spacial score (nSPS) is 10.9. The van der Waals surface area contributed by atoms with Gasteiger partial charge in [-0.15, -0.1) is 23.1 Å². The molecule has 2 heterocycles. The highest BCUT2D eigenvalue weighted by atomic mass is 32.2. The Kier molecular flexibility index (Phi) is 7.65. The molecule has 0 radical (unpaired) electrons. The van der Waals surface area contributed by atoms with Crippen LogP contribution in [0.4, 0.5) is 11.5 Å². The number of aliphatic carboxylic acids is 1. The van der Waals surface area contributed by atoms with E-state index in [2.05, 4.69) is 61.8 Å². The Labute approximate surface area is 208 Å². The molecule has 0 atom stereocenters. The minimum Gasteiger partial charge on any atom is -0.481 e. The maximum Gasteiger partial charge on any atom is 0.307 e. The van der Waals surface area contributed by atoms with Gasteiger partial charge in [-0.1, -0.05) is 38.1 Å². The number of nitrogens with one attached hydrogen (secondary N) is 1. The molecule has 0 fully saturated rings. The number of hydrogen-bond donors (Lipinski definition) is 2. The number of thiophene rings is 1. The van der Waals surface area contributed by atoms with Gasteiger partial charge < -0.3 is 10.4 Å². The average molecular weight is 490 g/mol. The fourth-order valence-electron chi connectivity index (χ4n) is 3.79. The molecule has 0 aliphatic carbocycles. The van der Waals surface area contributed by atoms with Crippen molar-refractivity contribution >= 4 is 40.6 Å². The van der Waals surface area contributed by atoms with Gasteiger partial charge >= 0.3 is 5.97 Å². The number of aryl methyl sites for hydroxylation is 1. The molecule has 0 spiro atoms. The number of anilines is 2. The van der Waals surface area contributed by atoms with E-state index in [4.69, 9.17) is 15.1 Å². The Morgan fingerprint density at radius 3 is 2.26 bits per heavy atom. The minimum atomic E-state index is -0.836. The predicted octanol–water partition coefficient (Wildman–Crippen LogP) is 7.09. The predicted molar refractivity (Wildman–Crippen MR) is 142 cm³/mol. The number of aromatic nitrogens is 2. The van der Waals surface area contributed by atoms with E-state index < -0.39 is 5.97 Å². The van der Waals surface area contributed by atoms with Gasteiger partial charge in [0.15, 0.2) is 5.82 Å². The first-order valence-electron chi connectivity index (χ1n) is 11.2. The number of carboxylic acid groups (broad SMARTS) is 1. The van der Waals surface area contributed by atoms with Crippen LogP contribution in [0.2, 0.25) is 0 Å². The van der Waals surface area contributed by atoms with Crippen LogP contribution in [0, 0.1) is 0 Å². The topological polar surface area (TPSA) is 75.1 Å². The van der Waals surface area contributed by atoms with E-state index in [1.165, 1.54) is 15.3 Å². The van der Waals surface area contributed by atoms with Gasteiger partial charge in [0.05, 0.1) is 11.3 Å². The smallest absolute Gasteiger partial charge is 0.307 e. The van der Waals surface area contributed by atoms with Crippen molar-refractivity contribution in [3.8, 4) is 21.1 Å². The Morgan fingerprint density at radius 1 is 0.941 bits per heavy atom. The van der Waals surface area contributed by atoms with E-state index in [1.54, 1.807) is 23.1 Å². The summed E-state index contributed by atoms with van der Waals surface area (Å²) < 4.78 is 0. The van der Waals surface area contributed by atoms with Gasteiger partial charge in [-0.3, -0.25) is 4.79 Å². The number of rotatable bonds is 9. The van der Waals surface area contributed by atoms with Crippen LogP contribution in [0.3, 0.4) is 0 Å². The Bertz CT molecular complexity index is 1280. The van der Waals surface area contributed by atoms with Crippen LogP contribution in [0.1, 0.15) is 30.7 Å². The van der Waals surface area contributed by atoms with Gasteiger partial charge in [0.25, 0.3) is 0 Å². The first-order valence-corrected chi connectivity index (χ1v) is 13.3. The zero-order valence-corrected chi connectivity index (χ0v) is 21.1. The molecule has 0 unspecified atom stereocenters. The van der Waals surface area contributed by atoms with Crippen molar-refractivity contribution in [2.45, 2.75) is 38.0 Å². The molecule has 7 heteroatoms. The average Bonchev–Trinajstić information content (AvgIpc) is 3.35. The summed E-state index contributed by atoms with van der Waals surface area (Å²) in [6.45, 7) is 4.23. The molecule has 0 amide bonds. The molecular weight excluding hydrogens is 462 g/mol. The fourth-order valence-corrected chi connectivity index (χ4v) is 5.15. The Hall–Kier alpha value is -3.16. The van der Waals surface area contributed by atoms with Crippen LogP contribution in [-0.2, 0) is 24.1 Å². The molecule has 0 bridgehead atoms. The van der Waals surface area contributed by atoms with E-state index in [-0.39, 0.29) is 6.42 Å². The number of thioether (sulfide) groups is 1. The lowest BCUT2D eigenvalue weighted by molar-refractivity contribution is -0.136. The highest BCUT2D eigenvalue weighted by Crippen LogP contribution is 2.35. The molecule has 2 aromatic carbocycles. The highest BCUT2D eigenvalue weighted by molar-refractivity contribution is 7.98. The summed E-state index contributed by atoms with van der Waals surface area (Å²) in [4.78, 5) is 24.2. The van der Waals surface area contributed by atoms with Gasteiger partial charge in [0.2, 0.25) is 0 Å². The van der Waals surface area contributed by atoms with Crippen LogP contribution < -0.4 is 5.32 Å². The van der Waals surface area contributed by atoms with Crippen molar-refractivity contribution in [3.63, 3.8) is 0 Å². The summed E-state index contributed by atoms with van der Waals surface area (Å²) in [6, 6.07) is 20.3. The van der Waals surface area contributed by atoms with Gasteiger partial charge in [-0.05, 0) is 66.6 Å². The van der Waals surface area contributed by atoms with Crippen LogP contribution in [0.25, 0.3) is 21.1 Å². The number of carboxylic acids is 1. The Balaban J connectivity index is 1.66. The molecule has 4 rings (SSSR count). The molecular formula is C27H27N3O2S2. The van der Waals surface area contributed by atoms with E-state index in [9.17, 15) is 4.79 Å². The van der Waals surface area contributed by atoms with E-state index in [1.807, 2.05) is 24.3 Å². The van der Waals surface area contributed by atoms with Gasteiger partial charge in [0, 0.05) is 26.7 Å². The second-order valence-electron chi connectivity index (χ2n) is 7.81. The number of carbonyl (C=O) groups is 1. The zero-order chi connectivity index (χ0) is 24.1. The number of benzene rings is 2. The van der Waals surface area contributed by atoms with Crippen LogP contribution >= 0.6 is 23.1 Å². The van der Waals surface area contributed by atoms with Gasteiger partial charge in [0.1, 0.15) is 5.82 Å². The molecule has 0 aliphatic rings. The third kappa shape index (κ3) is 5.48. The second kappa shape index (κ2) is 10.8.